The van der Waals surface area contributed by atoms with Crippen molar-refractivity contribution in [2.24, 2.45) is 0 Å². The Kier molecular flexibility index (Phi) is 4.30. The van der Waals surface area contributed by atoms with Crippen LogP contribution in [0.4, 0.5) is 4.39 Å². The Morgan fingerprint density at radius 1 is 0.828 bits per heavy atom. The van der Waals surface area contributed by atoms with E-state index < -0.39 is 0 Å². The topological polar surface area (TPSA) is 45.8 Å². The lowest BCUT2D eigenvalue weighted by Crippen LogP contribution is -2.09. The zero-order valence-electron chi connectivity index (χ0n) is 15.2. The number of aromatic amines is 1. The molecule has 0 aliphatic carbocycles. The maximum atomic E-state index is 13.4. The molecule has 1 N–H and O–H groups in total. The number of hydrogen-bond acceptors (Lipinski definition) is 3. The van der Waals surface area contributed by atoms with Crippen LogP contribution in [-0.2, 0) is 0 Å². The summed E-state index contributed by atoms with van der Waals surface area (Å²) in [5.74, 6) is -0.297. The Morgan fingerprint density at radius 3 is 2.41 bits per heavy atom. The molecule has 140 valence electrons. The van der Waals surface area contributed by atoms with Gasteiger partial charge in [-0.3, -0.25) is 4.79 Å². The molecule has 0 aliphatic rings. The predicted octanol–water partition coefficient (Wildman–Crippen LogP) is 6.12. The molecule has 29 heavy (non-hydrogen) atoms. The van der Waals surface area contributed by atoms with Crippen LogP contribution in [0.2, 0.25) is 0 Å². The summed E-state index contributed by atoms with van der Waals surface area (Å²) in [6.45, 7) is 0. The molecule has 0 aliphatic heterocycles. The van der Waals surface area contributed by atoms with Crippen molar-refractivity contribution in [2.75, 3.05) is 0 Å². The molecule has 0 bridgehead atoms. The minimum Gasteiger partial charge on any atom is -0.321 e. The van der Waals surface area contributed by atoms with Crippen molar-refractivity contribution >= 4 is 22.2 Å². The molecule has 0 radical (unpaired) electrons. The lowest BCUT2D eigenvalue weighted by Gasteiger charge is -2.09. The van der Waals surface area contributed by atoms with Crippen LogP contribution in [0, 0.1) is 5.82 Å². The molecule has 5 aromatic rings. The highest BCUT2D eigenvalue weighted by Crippen LogP contribution is 2.31. The van der Waals surface area contributed by atoms with Crippen molar-refractivity contribution in [1.29, 1.82) is 0 Å². The van der Waals surface area contributed by atoms with Gasteiger partial charge in [-0.15, -0.1) is 11.3 Å². The van der Waals surface area contributed by atoms with Gasteiger partial charge in [0, 0.05) is 16.6 Å². The van der Waals surface area contributed by atoms with Crippen LogP contribution >= 0.6 is 11.3 Å². The van der Waals surface area contributed by atoms with Crippen molar-refractivity contribution < 1.29 is 4.39 Å². The highest BCUT2D eigenvalue weighted by atomic mass is 32.1. The Morgan fingerprint density at radius 2 is 1.62 bits per heavy atom. The molecule has 3 heterocycles. The molecule has 0 saturated heterocycles. The van der Waals surface area contributed by atoms with E-state index in [4.69, 9.17) is 4.98 Å². The van der Waals surface area contributed by atoms with Gasteiger partial charge in [0.05, 0.1) is 16.3 Å². The van der Waals surface area contributed by atoms with Crippen LogP contribution in [0.25, 0.3) is 43.9 Å². The third kappa shape index (κ3) is 3.37. The van der Waals surface area contributed by atoms with E-state index in [-0.39, 0.29) is 11.4 Å². The summed E-state index contributed by atoms with van der Waals surface area (Å²) >= 11 is 1.58. The first kappa shape index (κ1) is 17.5. The zero-order chi connectivity index (χ0) is 19.8. The Bertz CT molecular complexity index is 1370. The van der Waals surface area contributed by atoms with E-state index in [1.807, 2.05) is 60.0 Å². The molecule has 2 aromatic carbocycles. The fraction of sp³-hybridized carbons (Fsp3) is 0. The van der Waals surface area contributed by atoms with Gasteiger partial charge < -0.3 is 4.98 Å². The molecule has 5 heteroatoms. The minimum absolute atomic E-state index is 0.155. The average molecular weight is 398 g/mol. The van der Waals surface area contributed by atoms with E-state index in [2.05, 4.69) is 4.98 Å². The standard InChI is InChI=1S/C24H15FN2OS/c25-18-9-7-15(8-10-18)21-13-17(14-22(26-21)23-6-3-11-29-23)19-12-16-4-1-2-5-20(16)27-24(19)28/h1-14H,(H,27,28). The monoisotopic (exact) mass is 398 g/mol. The number of para-hydroxylation sites is 1. The molecule has 5 rings (SSSR count). The van der Waals surface area contributed by atoms with Crippen LogP contribution in [0.15, 0.2) is 89.0 Å². The molecule has 3 nitrogen and oxygen atoms in total. The van der Waals surface area contributed by atoms with E-state index in [0.29, 0.717) is 11.3 Å². The molecular weight excluding hydrogens is 383 g/mol. The number of pyridine rings is 2. The number of aromatic nitrogens is 2. The number of benzene rings is 2. The predicted molar refractivity (Wildman–Crippen MR) is 117 cm³/mol. The van der Waals surface area contributed by atoms with Gasteiger partial charge in [-0.25, -0.2) is 9.37 Å². The van der Waals surface area contributed by atoms with E-state index in [0.717, 1.165) is 32.6 Å². The Balaban J connectivity index is 1.75. The number of halogens is 1. The average Bonchev–Trinajstić information content (AvgIpc) is 3.28. The summed E-state index contributed by atoms with van der Waals surface area (Å²) in [7, 11) is 0. The highest BCUT2D eigenvalue weighted by molar-refractivity contribution is 7.13. The second-order valence-corrected chi connectivity index (χ2v) is 7.66. The van der Waals surface area contributed by atoms with Crippen LogP contribution in [0.5, 0.6) is 0 Å². The molecule has 0 spiro atoms. The van der Waals surface area contributed by atoms with Crippen molar-refractivity contribution in [3.05, 3.63) is 100 Å². The van der Waals surface area contributed by atoms with E-state index in [1.165, 1.54) is 12.1 Å². The fourth-order valence-corrected chi connectivity index (χ4v) is 4.05. The van der Waals surface area contributed by atoms with E-state index >= 15 is 0 Å². The largest absolute Gasteiger partial charge is 0.321 e. The first-order valence-corrected chi connectivity index (χ1v) is 10.00. The van der Waals surface area contributed by atoms with Gasteiger partial charge in [0.1, 0.15) is 5.82 Å². The van der Waals surface area contributed by atoms with Crippen LogP contribution in [-0.4, -0.2) is 9.97 Å². The Labute approximate surface area is 170 Å². The van der Waals surface area contributed by atoms with Gasteiger partial charge in [-0.2, -0.15) is 0 Å². The fourth-order valence-electron chi connectivity index (χ4n) is 3.37. The number of thiophene rings is 1. The minimum atomic E-state index is -0.297. The van der Waals surface area contributed by atoms with Gasteiger partial charge in [-0.05, 0) is 70.9 Å². The molecule has 0 unspecified atom stereocenters. The summed E-state index contributed by atoms with van der Waals surface area (Å²) in [6.07, 6.45) is 0. The maximum absolute atomic E-state index is 13.4. The number of H-pyrrole nitrogens is 1. The lowest BCUT2D eigenvalue weighted by atomic mass is 10.0. The van der Waals surface area contributed by atoms with Gasteiger partial charge in [0.25, 0.3) is 5.56 Å². The first-order chi connectivity index (χ1) is 14.2. The van der Waals surface area contributed by atoms with Gasteiger partial charge in [0.15, 0.2) is 0 Å². The summed E-state index contributed by atoms with van der Waals surface area (Å²) < 4.78 is 13.4. The van der Waals surface area contributed by atoms with Gasteiger partial charge in [0.2, 0.25) is 0 Å². The number of rotatable bonds is 3. The quantitative estimate of drug-likeness (QED) is 0.398. The number of fused-ring (bicyclic) bond motifs is 1. The van der Waals surface area contributed by atoms with E-state index in [1.54, 1.807) is 23.5 Å². The molecule has 0 amide bonds. The molecule has 3 aromatic heterocycles. The summed E-state index contributed by atoms with van der Waals surface area (Å²) in [6, 6.07) is 23.6. The van der Waals surface area contributed by atoms with Crippen molar-refractivity contribution in [3.63, 3.8) is 0 Å². The molecular formula is C24H15FN2OS. The number of nitrogens with zero attached hydrogens (tertiary/aromatic N) is 1. The van der Waals surface area contributed by atoms with Gasteiger partial charge in [-0.1, -0.05) is 24.3 Å². The van der Waals surface area contributed by atoms with E-state index in [9.17, 15) is 9.18 Å². The van der Waals surface area contributed by atoms with Crippen molar-refractivity contribution in [2.45, 2.75) is 0 Å². The first-order valence-electron chi connectivity index (χ1n) is 9.12. The SMILES string of the molecule is O=c1[nH]c2ccccc2cc1-c1cc(-c2ccc(F)cc2)nc(-c2cccs2)c1. The summed E-state index contributed by atoms with van der Waals surface area (Å²) in [5.41, 5.74) is 4.26. The van der Waals surface area contributed by atoms with Crippen molar-refractivity contribution in [3.8, 4) is 33.0 Å². The highest BCUT2D eigenvalue weighted by Gasteiger charge is 2.12. The molecule has 0 fully saturated rings. The third-order valence-corrected chi connectivity index (χ3v) is 5.70. The second-order valence-electron chi connectivity index (χ2n) is 6.71. The van der Waals surface area contributed by atoms with Crippen LogP contribution in [0.3, 0.4) is 0 Å². The smallest absolute Gasteiger partial charge is 0.256 e. The molecule has 0 saturated carbocycles. The summed E-state index contributed by atoms with van der Waals surface area (Å²) in [4.78, 5) is 21.5. The number of nitrogens with one attached hydrogen (secondary N) is 1. The number of hydrogen-bond donors (Lipinski definition) is 1. The van der Waals surface area contributed by atoms with Crippen LogP contribution in [0.1, 0.15) is 0 Å². The van der Waals surface area contributed by atoms with Crippen molar-refractivity contribution in [1.82, 2.24) is 9.97 Å². The van der Waals surface area contributed by atoms with Crippen LogP contribution < -0.4 is 5.56 Å². The molecule has 0 atom stereocenters. The Hall–Kier alpha value is -3.57. The summed E-state index contributed by atoms with van der Waals surface area (Å²) in [5, 5.41) is 2.95. The normalized spacial score (nSPS) is 11.1. The second kappa shape index (κ2) is 7.11. The maximum Gasteiger partial charge on any atom is 0.256 e. The lowest BCUT2D eigenvalue weighted by molar-refractivity contribution is 0.628. The van der Waals surface area contributed by atoms with Gasteiger partial charge >= 0.3 is 0 Å². The zero-order valence-corrected chi connectivity index (χ0v) is 16.0. The third-order valence-electron chi connectivity index (χ3n) is 4.80.